The maximum Gasteiger partial charge on any atom is 0.0630 e. The summed E-state index contributed by atoms with van der Waals surface area (Å²) in [5, 5.41) is 8.98. The maximum atomic E-state index is 8.34. The van der Waals surface area contributed by atoms with Gasteiger partial charge in [0.2, 0.25) is 0 Å². The highest BCUT2D eigenvalue weighted by molar-refractivity contribution is 7.99. The van der Waals surface area contributed by atoms with Crippen molar-refractivity contribution in [3.8, 4) is 6.07 Å². The van der Waals surface area contributed by atoms with Crippen molar-refractivity contribution in [3.05, 3.63) is 23.2 Å². The first-order valence-corrected chi connectivity index (χ1v) is 5.15. The average molecular weight is 213 g/mol. The molecule has 68 valence electrons. The van der Waals surface area contributed by atoms with Crippen LogP contribution in [0, 0.1) is 11.3 Å². The SMILES string of the molecule is N#CCCSc1ccc(Cl)cc1N. The van der Waals surface area contributed by atoms with Crippen LogP contribution in [0.1, 0.15) is 6.42 Å². The van der Waals surface area contributed by atoms with Gasteiger partial charge in [-0.1, -0.05) is 11.6 Å². The Morgan fingerprint density at radius 2 is 2.31 bits per heavy atom. The Morgan fingerprint density at radius 3 is 2.92 bits per heavy atom. The standard InChI is InChI=1S/C9H9ClN2S/c10-7-2-3-9(8(12)6-7)13-5-1-4-11/h2-3,6H,1,5,12H2. The first kappa shape index (κ1) is 10.2. The van der Waals surface area contributed by atoms with Gasteiger partial charge in [0.15, 0.2) is 0 Å². The van der Waals surface area contributed by atoms with Gasteiger partial charge in [0.25, 0.3) is 0 Å². The number of hydrogen-bond acceptors (Lipinski definition) is 3. The summed E-state index contributed by atoms with van der Waals surface area (Å²) in [6.45, 7) is 0. The van der Waals surface area contributed by atoms with Crippen molar-refractivity contribution in [2.24, 2.45) is 0 Å². The van der Waals surface area contributed by atoms with Gasteiger partial charge in [-0.3, -0.25) is 0 Å². The molecule has 0 spiro atoms. The highest BCUT2D eigenvalue weighted by atomic mass is 35.5. The first-order valence-electron chi connectivity index (χ1n) is 3.79. The summed E-state index contributed by atoms with van der Waals surface area (Å²) in [5.41, 5.74) is 6.39. The Labute approximate surface area is 86.7 Å². The molecular formula is C9H9ClN2S. The van der Waals surface area contributed by atoms with Crippen molar-refractivity contribution >= 4 is 29.1 Å². The van der Waals surface area contributed by atoms with E-state index >= 15 is 0 Å². The molecule has 0 aliphatic heterocycles. The minimum absolute atomic E-state index is 0.534. The third kappa shape index (κ3) is 3.17. The third-order valence-corrected chi connectivity index (χ3v) is 2.77. The molecule has 0 aliphatic rings. The van der Waals surface area contributed by atoms with E-state index in [9.17, 15) is 0 Å². The Morgan fingerprint density at radius 1 is 1.54 bits per heavy atom. The molecule has 0 aromatic heterocycles. The van der Waals surface area contributed by atoms with Crippen LogP contribution < -0.4 is 5.73 Å². The average Bonchev–Trinajstić information content (AvgIpc) is 2.09. The molecule has 0 amide bonds. The normalized spacial score (nSPS) is 9.54. The van der Waals surface area contributed by atoms with Gasteiger partial charge in [-0.15, -0.1) is 11.8 Å². The van der Waals surface area contributed by atoms with Crippen LogP contribution in [0.3, 0.4) is 0 Å². The van der Waals surface area contributed by atoms with Crippen LogP contribution in [0.5, 0.6) is 0 Å². The quantitative estimate of drug-likeness (QED) is 0.476. The zero-order chi connectivity index (χ0) is 9.68. The number of nitrogens with zero attached hydrogens (tertiary/aromatic N) is 1. The molecule has 0 radical (unpaired) electrons. The summed E-state index contributed by atoms with van der Waals surface area (Å²) < 4.78 is 0. The Hall–Kier alpha value is -0.850. The van der Waals surface area contributed by atoms with E-state index in [2.05, 4.69) is 6.07 Å². The summed E-state index contributed by atoms with van der Waals surface area (Å²) >= 11 is 7.31. The highest BCUT2D eigenvalue weighted by Gasteiger charge is 1.99. The van der Waals surface area contributed by atoms with Crippen LogP contribution in [0.4, 0.5) is 5.69 Å². The van der Waals surface area contributed by atoms with E-state index in [1.54, 1.807) is 23.9 Å². The second-order valence-corrected chi connectivity index (χ2v) is 4.01. The molecule has 0 aliphatic carbocycles. The van der Waals surface area contributed by atoms with Crippen LogP contribution >= 0.6 is 23.4 Å². The lowest BCUT2D eigenvalue weighted by molar-refractivity contribution is 1.23. The summed E-state index contributed by atoms with van der Waals surface area (Å²) in [6.07, 6.45) is 0.534. The smallest absolute Gasteiger partial charge is 0.0630 e. The van der Waals surface area contributed by atoms with Gasteiger partial charge in [0, 0.05) is 27.8 Å². The van der Waals surface area contributed by atoms with Crippen molar-refractivity contribution in [1.29, 1.82) is 5.26 Å². The number of thioether (sulfide) groups is 1. The molecule has 4 heteroatoms. The van der Waals surface area contributed by atoms with E-state index < -0.39 is 0 Å². The van der Waals surface area contributed by atoms with E-state index in [4.69, 9.17) is 22.6 Å². The zero-order valence-corrected chi connectivity index (χ0v) is 8.53. The van der Waals surface area contributed by atoms with E-state index in [0.29, 0.717) is 17.1 Å². The van der Waals surface area contributed by atoms with E-state index in [0.717, 1.165) is 10.6 Å². The second-order valence-electron chi connectivity index (χ2n) is 2.44. The second kappa shape index (κ2) is 5.00. The Bertz CT molecular complexity index is 333. The minimum atomic E-state index is 0.534. The van der Waals surface area contributed by atoms with Crippen molar-refractivity contribution in [2.45, 2.75) is 11.3 Å². The topological polar surface area (TPSA) is 49.8 Å². The molecule has 1 aromatic rings. The monoisotopic (exact) mass is 212 g/mol. The number of halogens is 1. The van der Waals surface area contributed by atoms with E-state index in [-0.39, 0.29) is 0 Å². The van der Waals surface area contributed by atoms with Crippen LogP contribution in [-0.2, 0) is 0 Å². The van der Waals surface area contributed by atoms with Gasteiger partial charge in [-0.2, -0.15) is 5.26 Å². The van der Waals surface area contributed by atoms with Crippen molar-refractivity contribution < 1.29 is 0 Å². The molecule has 0 saturated heterocycles. The molecular weight excluding hydrogens is 204 g/mol. The van der Waals surface area contributed by atoms with Crippen LogP contribution in [0.2, 0.25) is 5.02 Å². The molecule has 0 fully saturated rings. The lowest BCUT2D eigenvalue weighted by Gasteiger charge is -2.03. The van der Waals surface area contributed by atoms with Crippen LogP contribution in [-0.4, -0.2) is 5.75 Å². The van der Waals surface area contributed by atoms with Crippen molar-refractivity contribution in [2.75, 3.05) is 11.5 Å². The van der Waals surface area contributed by atoms with Gasteiger partial charge in [-0.25, -0.2) is 0 Å². The van der Waals surface area contributed by atoms with Crippen molar-refractivity contribution in [3.63, 3.8) is 0 Å². The molecule has 0 unspecified atom stereocenters. The molecule has 1 aromatic carbocycles. The number of benzene rings is 1. The summed E-state index contributed by atoms with van der Waals surface area (Å²) in [6, 6.07) is 7.47. The van der Waals surface area contributed by atoms with E-state index in [1.807, 2.05) is 6.07 Å². The number of nitrogens with two attached hydrogens (primary N) is 1. The molecule has 0 saturated carbocycles. The Kier molecular flexibility index (Phi) is 3.94. The van der Waals surface area contributed by atoms with Gasteiger partial charge in [-0.05, 0) is 18.2 Å². The lowest BCUT2D eigenvalue weighted by atomic mass is 10.3. The van der Waals surface area contributed by atoms with Crippen molar-refractivity contribution in [1.82, 2.24) is 0 Å². The molecule has 13 heavy (non-hydrogen) atoms. The number of rotatable bonds is 3. The summed E-state index contributed by atoms with van der Waals surface area (Å²) in [7, 11) is 0. The van der Waals surface area contributed by atoms with Gasteiger partial charge in [0.05, 0.1) is 6.07 Å². The molecule has 1 rings (SSSR count). The van der Waals surface area contributed by atoms with Gasteiger partial charge < -0.3 is 5.73 Å². The third-order valence-electron chi connectivity index (χ3n) is 1.44. The fourth-order valence-electron chi connectivity index (χ4n) is 0.857. The Balaban J connectivity index is 2.62. The number of nitrogen functional groups attached to an aromatic ring is 1. The molecule has 2 nitrogen and oxygen atoms in total. The number of hydrogen-bond donors (Lipinski definition) is 1. The molecule has 0 atom stereocenters. The fourth-order valence-corrected chi connectivity index (χ4v) is 1.84. The van der Waals surface area contributed by atoms with Gasteiger partial charge in [0.1, 0.15) is 0 Å². The van der Waals surface area contributed by atoms with Gasteiger partial charge >= 0.3 is 0 Å². The number of nitriles is 1. The molecule has 0 bridgehead atoms. The first-order chi connectivity index (χ1) is 6.24. The molecule has 0 heterocycles. The summed E-state index contributed by atoms with van der Waals surface area (Å²) in [5.74, 6) is 0.766. The predicted octanol–water partition coefficient (Wildman–Crippen LogP) is 2.93. The minimum Gasteiger partial charge on any atom is -0.398 e. The fraction of sp³-hybridized carbons (Fsp3) is 0.222. The highest BCUT2D eigenvalue weighted by Crippen LogP contribution is 2.27. The summed E-state index contributed by atoms with van der Waals surface area (Å²) in [4.78, 5) is 0.986. The molecule has 2 N–H and O–H groups in total. The van der Waals surface area contributed by atoms with E-state index in [1.165, 1.54) is 0 Å². The number of anilines is 1. The predicted molar refractivity (Wildman–Crippen MR) is 56.8 cm³/mol. The lowest BCUT2D eigenvalue weighted by Crippen LogP contribution is -1.88. The van der Waals surface area contributed by atoms with Crippen LogP contribution in [0.15, 0.2) is 23.1 Å². The maximum absolute atomic E-state index is 8.34. The van der Waals surface area contributed by atoms with Crippen LogP contribution in [0.25, 0.3) is 0 Å². The zero-order valence-electron chi connectivity index (χ0n) is 6.96. The largest absolute Gasteiger partial charge is 0.398 e.